The summed E-state index contributed by atoms with van der Waals surface area (Å²) in [4.78, 5) is 12.3. The molecule has 3 fully saturated rings. The molecule has 126 valence electrons. The molecular weight excluding hydrogens is 298 g/mol. The fourth-order valence-corrected chi connectivity index (χ4v) is 3.94. The summed E-state index contributed by atoms with van der Waals surface area (Å²) in [7, 11) is 0. The van der Waals surface area contributed by atoms with Crippen LogP contribution in [-0.4, -0.2) is 33.3 Å². The number of hydrogen-bond acceptors (Lipinski definition) is 4. The molecule has 0 amide bonds. The molecule has 1 saturated heterocycles. The fourth-order valence-electron chi connectivity index (χ4n) is 3.94. The summed E-state index contributed by atoms with van der Waals surface area (Å²) >= 11 is 0. The van der Waals surface area contributed by atoms with E-state index in [4.69, 9.17) is 9.97 Å². The first-order valence-corrected chi connectivity index (χ1v) is 9.41. The number of anilines is 1. The Labute approximate surface area is 142 Å². The number of nitrogens with one attached hydrogen (secondary N) is 1. The number of aromatic nitrogens is 4. The molecule has 2 aliphatic carbocycles. The summed E-state index contributed by atoms with van der Waals surface area (Å²) < 4.78 is 0. The predicted molar refractivity (Wildman–Crippen MR) is 93.5 cm³/mol. The predicted octanol–water partition coefficient (Wildman–Crippen LogP) is 3.65. The first-order chi connectivity index (χ1) is 11.8. The van der Waals surface area contributed by atoms with Gasteiger partial charge in [0, 0.05) is 42.4 Å². The molecule has 0 aromatic carbocycles. The second-order valence-electron chi connectivity index (χ2n) is 7.77. The zero-order valence-corrected chi connectivity index (χ0v) is 14.3. The molecule has 1 aliphatic heterocycles. The molecule has 0 radical (unpaired) electrons. The maximum absolute atomic E-state index is 4.93. The first-order valence-electron chi connectivity index (χ1n) is 9.41. The van der Waals surface area contributed by atoms with Gasteiger partial charge in [0.1, 0.15) is 11.6 Å². The van der Waals surface area contributed by atoms with Crippen molar-refractivity contribution in [3.8, 4) is 0 Å². The van der Waals surface area contributed by atoms with Gasteiger partial charge in [-0.1, -0.05) is 0 Å². The van der Waals surface area contributed by atoms with E-state index in [0.29, 0.717) is 17.8 Å². The quantitative estimate of drug-likeness (QED) is 0.933. The minimum Gasteiger partial charge on any atom is -0.356 e. The molecule has 2 saturated carbocycles. The molecule has 5 heteroatoms. The first kappa shape index (κ1) is 14.4. The van der Waals surface area contributed by atoms with E-state index < -0.39 is 0 Å². The summed E-state index contributed by atoms with van der Waals surface area (Å²) in [5.41, 5.74) is 3.92. The van der Waals surface area contributed by atoms with Crippen LogP contribution in [0.4, 0.5) is 5.82 Å². The van der Waals surface area contributed by atoms with Gasteiger partial charge >= 0.3 is 0 Å². The van der Waals surface area contributed by atoms with E-state index in [1.54, 1.807) is 0 Å². The van der Waals surface area contributed by atoms with Crippen LogP contribution in [0.3, 0.4) is 0 Å². The van der Waals surface area contributed by atoms with Crippen LogP contribution in [0.25, 0.3) is 0 Å². The van der Waals surface area contributed by atoms with Crippen molar-refractivity contribution in [3.05, 3.63) is 35.0 Å². The minimum atomic E-state index is 0.632. The van der Waals surface area contributed by atoms with E-state index in [1.807, 2.05) is 6.20 Å². The van der Waals surface area contributed by atoms with Gasteiger partial charge in [0.2, 0.25) is 0 Å². The van der Waals surface area contributed by atoms with Crippen molar-refractivity contribution < 1.29 is 0 Å². The number of hydrogen-bond donors (Lipinski definition) is 1. The Morgan fingerprint density at radius 1 is 0.958 bits per heavy atom. The third-order valence-electron chi connectivity index (χ3n) is 5.82. The van der Waals surface area contributed by atoms with Gasteiger partial charge in [-0.05, 0) is 56.9 Å². The van der Waals surface area contributed by atoms with Crippen molar-refractivity contribution in [2.75, 3.05) is 18.0 Å². The highest BCUT2D eigenvalue weighted by molar-refractivity contribution is 5.43. The van der Waals surface area contributed by atoms with Crippen LogP contribution in [0.1, 0.15) is 79.1 Å². The Hall–Kier alpha value is -1.91. The number of piperidine rings is 1. The van der Waals surface area contributed by atoms with E-state index in [-0.39, 0.29) is 0 Å². The Kier molecular flexibility index (Phi) is 3.35. The van der Waals surface area contributed by atoms with Crippen LogP contribution in [0.2, 0.25) is 0 Å². The molecule has 2 aromatic heterocycles. The Bertz CT molecular complexity index is 706. The van der Waals surface area contributed by atoms with Gasteiger partial charge in [0.25, 0.3) is 0 Å². The Balaban J connectivity index is 1.35. The fraction of sp³-hybridized carbons (Fsp3) is 0.632. The largest absolute Gasteiger partial charge is 0.356 e. The topological polar surface area (TPSA) is 57.7 Å². The lowest BCUT2D eigenvalue weighted by Crippen LogP contribution is -2.34. The highest BCUT2D eigenvalue weighted by Crippen LogP contribution is 2.43. The molecular formula is C19H25N5. The molecule has 0 unspecified atom stereocenters. The maximum atomic E-state index is 4.93. The molecule has 0 bridgehead atoms. The summed E-state index contributed by atoms with van der Waals surface area (Å²) in [5, 5.41) is 7.27. The van der Waals surface area contributed by atoms with E-state index >= 15 is 0 Å². The van der Waals surface area contributed by atoms with Crippen LogP contribution in [0, 0.1) is 6.92 Å². The number of nitrogens with zero attached hydrogens (tertiary/aromatic N) is 4. The zero-order chi connectivity index (χ0) is 16.1. The Morgan fingerprint density at radius 2 is 1.71 bits per heavy atom. The van der Waals surface area contributed by atoms with Gasteiger partial charge in [-0.2, -0.15) is 5.10 Å². The normalized spacial score (nSPS) is 22.1. The van der Waals surface area contributed by atoms with Crippen LogP contribution in [0.5, 0.6) is 0 Å². The molecule has 5 rings (SSSR count). The lowest BCUT2D eigenvalue weighted by Gasteiger charge is -2.33. The van der Waals surface area contributed by atoms with Gasteiger partial charge in [0.15, 0.2) is 0 Å². The highest BCUT2D eigenvalue weighted by Gasteiger charge is 2.32. The molecule has 0 spiro atoms. The molecule has 2 aromatic rings. The molecule has 24 heavy (non-hydrogen) atoms. The monoisotopic (exact) mass is 323 g/mol. The average molecular weight is 323 g/mol. The van der Waals surface area contributed by atoms with Crippen molar-refractivity contribution in [1.82, 2.24) is 20.2 Å². The summed E-state index contributed by atoms with van der Waals surface area (Å²) in [6, 6.07) is 2.27. The second-order valence-corrected chi connectivity index (χ2v) is 7.77. The molecule has 0 atom stereocenters. The summed E-state index contributed by atoms with van der Waals surface area (Å²) in [5.74, 6) is 4.26. The van der Waals surface area contributed by atoms with Crippen LogP contribution in [0.15, 0.2) is 12.3 Å². The number of rotatable bonds is 4. The van der Waals surface area contributed by atoms with E-state index in [0.717, 1.165) is 18.9 Å². The van der Waals surface area contributed by atoms with Gasteiger partial charge in [-0.25, -0.2) is 9.97 Å². The number of aryl methyl sites for hydroxylation is 1. The van der Waals surface area contributed by atoms with Crippen molar-refractivity contribution >= 4 is 5.82 Å². The number of H-pyrrole nitrogens is 1. The average Bonchev–Trinajstić information content (AvgIpc) is 3.53. The Morgan fingerprint density at radius 3 is 2.33 bits per heavy atom. The molecule has 5 nitrogen and oxygen atoms in total. The maximum Gasteiger partial charge on any atom is 0.134 e. The van der Waals surface area contributed by atoms with Crippen molar-refractivity contribution in [2.24, 2.45) is 0 Å². The third-order valence-corrected chi connectivity index (χ3v) is 5.82. The molecule has 3 aliphatic rings. The SMILES string of the molecule is Cc1[nH]ncc1C1CCN(c2cc(C3CC3)nc(C3CC3)n2)CC1. The van der Waals surface area contributed by atoms with Gasteiger partial charge < -0.3 is 4.90 Å². The van der Waals surface area contributed by atoms with Crippen LogP contribution < -0.4 is 4.90 Å². The van der Waals surface area contributed by atoms with Crippen molar-refractivity contribution in [3.63, 3.8) is 0 Å². The summed E-state index contributed by atoms with van der Waals surface area (Å²) in [6.07, 6.45) is 9.54. The van der Waals surface area contributed by atoms with Gasteiger partial charge in [-0.3, -0.25) is 5.10 Å². The van der Waals surface area contributed by atoms with Gasteiger partial charge in [0.05, 0.1) is 6.20 Å². The second kappa shape index (κ2) is 5.57. The molecule has 3 heterocycles. The van der Waals surface area contributed by atoms with Crippen LogP contribution >= 0.6 is 0 Å². The summed E-state index contributed by atoms with van der Waals surface area (Å²) in [6.45, 7) is 4.30. The third kappa shape index (κ3) is 2.70. The lowest BCUT2D eigenvalue weighted by molar-refractivity contribution is 0.500. The van der Waals surface area contributed by atoms with Gasteiger partial charge in [-0.15, -0.1) is 0 Å². The smallest absolute Gasteiger partial charge is 0.134 e. The minimum absolute atomic E-state index is 0.632. The van der Waals surface area contributed by atoms with E-state index in [2.05, 4.69) is 28.1 Å². The van der Waals surface area contributed by atoms with E-state index in [9.17, 15) is 0 Å². The standard InChI is InChI=1S/C19H25N5/c1-12-16(11-20-23-12)13-6-8-24(9-7-13)18-10-17(14-2-3-14)21-19(22-18)15-4-5-15/h10-11,13-15H,2-9H2,1H3,(H,20,23). The highest BCUT2D eigenvalue weighted by atomic mass is 15.2. The number of aromatic amines is 1. The van der Waals surface area contributed by atoms with Crippen LogP contribution in [-0.2, 0) is 0 Å². The lowest BCUT2D eigenvalue weighted by atomic mass is 9.90. The zero-order valence-electron chi connectivity index (χ0n) is 14.3. The van der Waals surface area contributed by atoms with Crippen molar-refractivity contribution in [1.29, 1.82) is 0 Å². The van der Waals surface area contributed by atoms with E-state index in [1.165, 1.54) is 61.3 Å². The van der Waals surface area contributed by atoms with Crippen molar-refractivity contribution in [2.45, 2.75) is 63.2 Å². The molecule has 1 N–H and O–H groups in total.